The summed E-state index contributed by atoms with van der Waals surface area (Å²) in [4.78, 5) is 19.8. The van der Waals surface area contributed by atoms with Crippen LogP contribution >= 0.6 is 0 Å². The number of aliphatic carboxylic acids is 1. The van der Waals surface area contributed by atoms with Gasteiger partial charge in [0, 0.05) is 11.8 Å². The Labute approximate surface area is 109 Å². The second-order valence-corrected chi connectivity index (χ2v) is 5.16. The summed E-state index contributed by atoms with van der Waals surface area (Å²) in [6.45, 7) is 3.56. The van der Waals surface area contributed by atoms with Crippen molar-refractivity contribution in [2.75, 3.05) is 5.32 Å². The molecule has 1 saturated carbocycles. The van der Waals surface area contributed by atoms with Gasteiger partial charge in [0.1, 0.15) is 17.7 Å². The highest BCUT2D eigenvalue weighted by molar-refractivity contribution is 5.83. The van der Waals surface area contributed by atoms with Gasteiger partial charge in [0.15, 0.2) is 0 Å². The van der Waals surface area contributed by atoms with E-state index in [0.717, 1.165) is 18.5 Å². The third-order valence-corrected chi connectivity index (χ3v) is 3.61. The van der Waals surface area contributed by atoms with Crippen molar-refractivity contribution in [3.63, 3.8) is 0 Å². The van der Waals surface area contributed by atoms with E-state index in [1.54, 1.807) is 13.0 Å². The molecule has 0 aromatic carbocycles. The summed E-state index contributed by atoms with van der Waals surface area (Å²) < 4.78 is 1.52. The van der Waals surface area contributed by atoms with Crippen LogP contribution in [0.5, 0.6) is 0 Å². The van der Waals surface area contributed by atoms with Gasteiger partial charge >= 0.3 is 5.97 Å². The molecular weight excluding hydrogens is 246 g/mol. The summed E-state index contributed by atoms with van der Waals surface area (Å²) in [5.74, 6) is 0.373. The van der Waals surface area contributed by atoms with E-state index < -0.39 is 11.5 Å². The first kappa shape index (κ1) is 11.9. The Hall–Kier alpha value is -2.18. The molecule has 1 atom stereocenters. The number of anilines is 1. The average molecular weight is 261 g/mol. The zero-order valence-electron chi connectivity index (χ0n) is 10.8. The van der Waals surface area contributed by atoms with Crippen molar-refractivity contribution in [2.24, 2.45) is 5.92 Å². The number of nitrogens with one attached hydrogen (secondary N) is 1. The quantitative estimate of drug-likeness (QED) is 0.856. The van der Waals surface area contributed by atoms with Gasteiger partial charge in [-0.1, -0.05) is 0 Å². The number of rotatable bonds is 4. The number of carboxylic acid groups (broad SMARTS) is 1. The molecular formula is C12H15N5O2. The van der Waals surface area contributed by atoms with Crippen molar-refractivity contribution in [3.8, 4) is 0 Å². The highest BCUT2D eigenvalue weighted by Crippen LogP contribution is 2.41. The van der Waals surface area contributed by atoms with Crippen LogP contribution in [-0.2, 0) is 4.79 Å². The van der Waals surface area contributed by atoms with Crippen LogP contribution in [0.15, 0.2) is 12.4 Å². The highest BCUT2D eigenvalue weighted by atomic mass is 16.4. The molecule has 100 valence electrons. The maximum Gasteiger partial charge on any atom is 0.329 e. The van der Waals surface area contributed by atoms with Crippen molar-refractivity contribution in [1.82, 2.24) is 19.6 Å². The molecule has 0 amide bonds. The molecule has 2 aromatic heterocycles. The minimum Gasteiger partial charge on any atom is -0.480 e. The van der Waals surface area contributed by atoms with Crippen LogP contribution in [0.3, 0.4) is 0 Å². The standard InChI is InChI=1S/C12H15N5O2/c1-7-5-9(17-11(15-7)13-6-14-17)16-12(2,10(18)19)8-3-4-8/h5-6,8,16H,3-4H2,1-2H3,(H,18,19). The van der Waals surface area contributed by atoms with Gasteiger partial charge in [0.25, 0.3) is 5.78 Å². The van der Waals surface area contributed by atoms with Gasteiger partial charge in [-0.3, -0.25) is 0 Å². The Morgan fingerprint density at radius 1 is 1.58 bits per heavy atom. The largest absolute Gasteiger partial charge is 0.480 e. The molecule has 19 heavy (non-hydrogen) atoms. The predicted molar refractivity (Wildman–Crippen MR) is 67.9 cm³/mol. The predicted octanol–water partition coefficient (Wildman–Crippen LogP) is 1.10. The summed E-state index contributed by atoms with van der Waals surface area (Å²) in [6.07, 6.45) is 3.27. The van der Waals surface area contributed by atoms with Gasteiger partial charge in [-0.15, -0.1) is 0 Å². The lowest BCUT2D eigenvalue weighted by molar-refractivity contribution is -0.142. The van der Waals surface area contributed by atoms with Crippen LogP contribution in [0.2, 0.25) is 0 Å². The molecule has 1 aliphatic carbocycles. The van der Waals surface area contributed by atoms with Crippen molar-refractivity contribution < 1.29 is 9.90 Å². The Morgan fingerprint density at radius 2 is 2.32 bits per heavy atom. The number of hydrogen-bond acceptors (Lipinski definition) is 5. The first-order valence-corrected chi connectivity index (χ1v) is 6.19. The van der Waals surface area contributed by atoms with Crippen LogP contribution in [0.1, 0.15) is 25.5 Å². The summed E-state index contributed by atoms with van der Waals surface area (Å²) >= 11 is 0. The SMILES string of the molecule is Cc1cc(NC(C)(C(=O)O)C2CC2)n2ncnc2n1. The fourth-order valence-corrected chi connectivity index (χ4v) is 2.28. The second kappa shape index (κ2) is 3.91. The molecule has 7 heteroatoms. The molecule has 0 aliphatic heterocycles. The Morgan fingerprint density at radius 3 is 2.95 bits per heavy atom. The molecule has 1 aliphatic rings. The molecule has 0 radical (unpaired) electrons. The van der Waals surface area contributed by atoms with Gasteiger partial charge in [0.05, 0.1) is 0 Å². The lowest BCUT2D eigenvalue weighted by atomic mass is 9.96. The molecule has 2 heterocycles. The van der Waals surface area contributed by atoms with E-state index in [4.69, 9.17) is 0 Å². The van der Waals surface area contributed by atoms with E-state index in [-0.39, 0.29) is 5.92 Å². The van der Waals surface area contributed by atoms with Crippen LogP contribution < -0.4 is 5.32 Å². The first-order chi connectivity index (χ1) is 9.00. The van der Waals surface area contributed by atoms with E-state index >= 15 is 0 Å². The van der Waals surface area contributed by atoms with Gasteiger partial charge in [-0.2, -0.15) is 14.6 Å². The number of hydrogen-bond donors (Lipinski definition) is 2. The number of fused-ring (bicyclic) bond motifs is 1. The number of nitrogens with zero attached hydrogens (tertiary/aromatic N) is 4. The zero-order chi connectivity index (χ0) is 13.6. The molecule has 2 N–H and O–H groups in total. The summed E-state index contributed by atoms with van der Waals surface area (Å²) in [6, 6.07) is 1.78. The average Bonchev–Trinajstić information content (AvgIpc) is 3.09. The molecule has 0 bridgehead atoms. The smallest absolute Gasteiger partial charge is 0.329 e. The third kappa shape index (κ3) is 1.91. The molecule has 1 fully saturated rings. The maximum atomic E-state index is 11.5. The minimum absolute atomic E-state index is 0.150. The number of carbonyl (C=O) groups is 1. The zero-order valence-corrected chi connectivity index (χ0v) is 10.8. The fraction of sp³-hybridized carbons (Fsp3) is 0.500. The van der Waals surface area contributed by atoms with Crippen LogP contribution in [-0.4, -0.2) is 36.2 Å². The van der Waals surface area contributed by atoms with Crippen molar-refractivity contribution in [3.05, 3.63) is 18.1 Å². The number of aryl methyl sites for hydroxylation is 1. The number of carboxylic acids is 1. The van der Waals surface area contributed by atoms with Gasteiger partial charge in [0.2, 0.25) is 0 Å². The van der Waals surface area contributed by atoms with Crippen molar-refractivity contribution in [1.29, 1.82) is 0 Å². The molecule has 7 nitrogen and oxygen atoms in total. The van der Waals surface area contributed by atoms with E-state index in [2.05, 4.69) is 20.4 Å². The van der Waals surface area contributed by atoms with Gasteiger partial charge < -0.3 is 10.4 Å². The normalized spacial score (nSPS) is 18.2. The molecule has 3 rings (SSSR count). The van der Waals surface area contributed by atoms with Crippen LogP contribution in [0.25, 0.3) is 5.78 Å². The minimum atomic E-state index is -0.979. The summed E-state index contributed by atoms with van der Waals surface area (Å²) in [5, 5.41) is 16.7. The second-order valence-electron chi connectivity index (χ2n) is 5.16. The highest BCUT2D eigenvalue weighted by Gasteiger charge is 2.48. The van der Waals surface area contributed by atoms with Crippen LogP contribution in [0, 0.1) is 12.8 Å². The maximum absolute atomic E-state index is 11.5. The molecule has 1 unspecified atom stereocenters. The molecule has 2 aromatic rings. The van der Waals surface area contributed by atoms with E-state index in [1.807, 2.05) is 6.92 Å². The van der Waals surface area contributed by atoms with E-state index in [9.17, 15) is 9.90 Å². The van der Waals surface area contributed by atoms with Crippen molar-refractivity contribution >= 4 is 17.6 Å². The Bertz CT molecular complexity index is 649. The monoisotopic (exact) mass is 261 g/mol. The van der Waals surface area contributed by atoms with E-state index in [0.29, 0.717) is 11.6 Å². The number of aromatic nitrogens is 4. The summed E-state index contributed by atoms with van der Waals surface area (Å²) in [7, 11) is 0. The Balaban J connectivity index is 2.04. The Kier molecular flexibility index (Phi) is 2.44. The molecule has 0 spiro atoms. The van der Waals surface area contributed by atoms with E-state index in [1.165, 1.54) is 10.8 Å². The van der Waals surface area contributed by atoms with Gasteiger partial charge in [-0.25, -0.2) is 9.78 Å². The lowest BCUT2D eigenvalue weighted by Gasteiger charge is -2.27. The van der Waals surface area contributed by atoms with Crippen molar-refractivity contribution in [2.45, 2.75) is 32.2 Å². The fourth-order valence-electron chi connectivity index (χ4n) is 2.28. The van der Waals surface area contributed by atoms with Crippen LogP contribution in [0.4, 0.5) is 5.82 Å². The molecule has 0 saturated heterocycles. The topological polar surface area (TPSA) is 92.4 Å². The third-order valence-electron chi connectivity index (χ3n) is 3.61. The van der Waals surface area contributed by atoms with Gasteiger partial charge in [-0.05, 0) is 32.6 Å². The summed E-state index contributed by atoms with van der Waals surface area (Å²) in [5.41, 5.74) is -0.210. The first-order valence-electron chi connectivity index (χ1n) is 6.19. The lowest BCUT2D eigenvalue weighted by Crippen LogP contribution is -2.46.